The van der Waals surface area contributed by atoms with Crippen molar-refractivity contribution in [1.82, 2.24) is 0 Å². The third kappa shape index (κ3) is 7.20. The first-order chi connectivity index (χ1) is 9.07. The summed E-state index contributed by atoms with van der Waals surface area (Å²) in [5.41, 5.74) is 0.0000512. The zero-order valence-electron chi connectivity index (χ0n) is 11.7. The molecule has 0 saturated carbocycles. The Hall–Kier alpha value is -1.47. The molecule has 0 aromatic rings. The topological polar surface area (TPSA) is 97.4 Å². The molecule has 0 radical (unpaired) electrons. The van der Waals surface area contributed by atoms with Crippen LogP contribution in [-0.4, -0.2) is 18.0 Å². The van der Waals surface area contributed by atoms with E-state index in [9.17, 15) is 14.2 Å². The molecule has 0 bridgehead atoms. The first-order valence-electron chi connectivity index (χ1n) is 5.48. The molecule has 0 rings (SSSR count). The summed E-state index contributed by atoms with van der Waals surface area (Å²) in [4.78, 5) is 30.6. The molecule has 0 atom stereocenters. The maximum absolute atomic E-state index is 12.0. The number of carbonyl (C=O) groups is 2. The molecule has 8 nitrogen and oxygen atoms in total. The molecule has 114 valence electrons. The van der Waals surface area contributed by atoms with Gasteiger partial charge in [-0.15, -0.1) is 0 Å². The van der Waals surface area contributed by atoms with Crippen LogP contribution in [0.25, 0.3) is 0 Å². The lowest BCUT2D eigenvalue weighted by Crippen LogP contribution is -2.13. The van der Waals surface area contributed by atoms with E-state index in [2.05, 4.69) is 32.3 Å². The van der Waals surface area contributed by atoms with Gasteiger partial charge < -0.3 is 0 Å². The zero-order chi connectivity index (χ0) is 15.9. The highest BCUT2D eigenvalue weighted by Crippen LogP contribution is 2.51. The maximum atomic E-state index is 12.0. The molecule has 0 aromatic carbocycles. The molecule has 0 amide bonds. The molecule has 0 aliphatic rings. The Morgan fingerprint density at radius 3 is 1.55 bits per heavy atom. The highest BCUT2D eigenvalue weighted by atomic mass is 31.2. The van der Waals surface area contributed by atoms with Gasteiger partial charge in [-0.05, 0) is 27.7 Å². The van der Waals surface area contributed by atoms with Gasteiger partial charge in [-0.25, -0.2) is 14.2 Å². The lowest BCUT2D eigenvalue weighted by Gasteiger charge is -2.16. The summed E-state index contributed by atoms with van der Waals surface area (Å²) < 4.78 is 25.4. The minimum atomic E-state index is -4.43. The first-order valence-corrected chi connectivity index (χ1v) is 6.94. The van der Waals surface area contributed by atoms with Crippen LogP contribution in [0.2, 0.25) is 0 Å². The number of hydrogen-bond acceptors (Lipinski definition) is 8. The van der Waals surface area contributed by atoms with Crippen LogP contribution in [0.3, 0.4) is 0 Å². The predicted molar refractivity (Wildman–Crippen MR) is 67.8 cm³/mol. The summed E-state index contributed by atoms with van der Waals surface area (Å²) in [5.74, 6) is -1.96. The van der Waals surface area contributed by atoms with Gasteiger partial charge in [0, 0.05) is 11.1 Å². The molecule has 0 aliphatic carbocycles. The minimum Gasteiger partial charge on any atom is -0.283 e. The molecule has 20 heavy (non-hydrogen) atoms. The van der Waals surface area contributed by atoms with Gasteiger partial charge in [0.2, 0.25) is 0 Å². The Kier molecular flexibility index (Phi) is 7.38. The smallest absolute Gasteiger partial charge is 0.283 e. The van der Waals surface area contributed by atoms with E-state index in [1.807, 2.05) is 0 Å². The second kappa shape index (κ2) is 7.96. The molecule has 0 aliphatic heterocycles. The summed E-state index contributed by atoms with van der Waals surface area (Å²) in [5, 5.41) is 0. The SMILES string of the molecule is C=C(C)C(=O)OOP(=O)(OOC(=O)C(=C)C)OC(C)C. The van der Waals surface area contributed by atoms with Crippen molar-refractivity contribution in [2.24, 2.45) is 0 Å². The molecule has 9 heteroatoms. The minimum absolute atomic E-state index is 0.0000256. The van der Waals surface area contributed by atoms with Crippen molar-refractivity contribution < 1.29 is 37.8 Å². The molecule has 0 unspecified atom stereocenters. The van der Waals surface area contributed by atoms with E-state index in [-0.39, 0.29) is 11.1 Å². The predicted octanol–water partition coefficient (Wildman–Crippen LogP) is 2.62. The normalized spacial score (nSPS) is 11.1. The highest BCUT2D eigenvalue weighted by molar-refractivity contribution is 7.48. The quantitative estimate of drug-likeness (QED) is 0.292. The van der Waals surface area contributed by atoms with Crippen LogP contribution in [-0.2, 0) is 37.8 Å². The van der Waals surface area contributed by atoms with E-state index in [4.69, 9.17) is 4.52 Å². The van der Waals surface area contributed by atoms with E-state index in [0.29, 0.717) is 0 Å². The number of hydrogen-bond donors (Lipinski definition) is 0. The molecular formula is C11H17O8P. The van der Waals surface area contributed by atoms with Crippen molar-refractivity contribution in [3.8, 4) is 0 Å². The number of carbonyl (C=O) groups excluding carboxylic acids is 2. The number of rotatable bonds is 8. The lowest BCUT2D eigenvalue weighted by atomic mass is 10.4. The van der Waals surface area contributed by atoms with Crippen LogP contribution in [0.4, 0.5) is 0 Å². The van der Waals surface area contributed by atoms with E-state index < -0.39 is 25.9 Å². The average molecular weight is 308 g/mol. The zero-order valence-corrected chi connectivity index (χ0v) is 12.6. The molecule has 0 saturated heterocycles. The molecule has 0 heterocycles. The molecular weight excluding hydrogens is 291 g/mol. The highest BCUT2D eigenvalue weighted by Gasteiger charge is 2.35. The van der Waals surface area contributed by atoms with Gasteiger partial charge in [0.1, 0.15) is 0 Å². The molecule has 0 fully saturated rings. The Bertz CT molecular complexity index is 419. The maximum Gasteiger partial charge on any atom is 0.547 e. The van der Waals surface area contributed by atoms with Crippen molar-refractivity contribution in [2.75, 3.05) is 0 Å². The molecule has 0 spiro atoms. The Morgan fingerprint density at radius 2 is 1.30 bits per heavy atom. The van der Waals surface area contributed by atoms with Crippen LogP contribution in [0.15, 0.2) is 24.3 Å². The van der Waals surface area contributed by atoms with Gasteiger partial charge in [-0.2, -0.15) is 0 Å². The van der Waals surface area contributed by atoms with Gasteiger partial charge >= 0.3 is 19.8 Å². The largest absolute Gasteiger partial charge is 0.547 e. The fourth-order valence-electron chi connectivity index (χ4n) is 0.607. The Morgan fingerprint density at radius 1 is 0.950 bits per heavy atom. The van der Waals surface area contributed by atoms with E-state index in [1.165, 1.54) is 27.7 Å². The van der Waals surface area contributed by atoms with Gasteiger partial charge in [0.05, 0.1) is 6.10 Å². The van der Waals surface area contributed by atoms with Gasteiger partial charge in [0.25, 0.3) is 0 Å². The monoisotopic (exact) mass is 308 g/mol. The van der Waals surface area contributed by atoms with Gasteiger partial charge in [-0.1, -0.05) is 22.5 Å². The van der Waals surface area contributed by atoms with Crippen molar-refractivity contribution in [1.29, 1.82) is 0 Å². The van der Waals surface area contributed by atoms with E-state index >= 15 is 0 Å². The molecule has 0 N–H and O–H groups in total. The average Bonchev–Trinajstić information content (AvgIpc) is 2.32. The summed E-state index contributed by atoms with van der Waals surface area (Å²) in [6, 6.07) is 0. The van der Waals surface area contributed by atoms with E-state index in [0.717, 1.165) is 0 Å². The standard InChI is InChI=1S/C11H17O8P/c1-7(2)10(12)15-18-20(14,17-9(5)6)19-16-11(13)8(3)4/h9H,1,3H2,2,4-6H3. The van der Waals surface area contributed by atoms with Crippen molar-refractivity contribution >= 4 is 19.8 Å². The second-order valence-electron chi connectivity index (χ2n) is 4.05. The fraction of sp³-hybridized carbons (Fsp3) is 0.455. The van der Waals surface area contributed by atoms with Crippen molar-refractivity contribution in [3.63, 3.8) is 0 Å². The van der Waals surface area contributed by atoms with Crippen LogP contribution in [0.5, 0.6) is 0 Å². The van der Waals surface area contributed by atoms with Crippen molar-refractivity contribution in [3.05, 3.63) is 24.3 Å². The van der Waals surface area contributed by atoms with Crippen LogP contribution in [0.1, 0.15) is 27.7 Å². The first kappa shape index (κ1) is 18.5. The number of phosphoric acid groups is 1. The van der Waals surface area contributed by atoms with E-state index in [1.54, 1.807) is 0 Å². The summed E-state index contributed by atoms with van der Waals surface area (Å²) in [6.07, 6.45) is -0.618. The summed E-state index contributed by atoms with van der Waals surface area (Å²) >= 11 is 0. The van der Waals surface area contributed by atoms with Crippen molar-refractivity contribution in [2.45, 2.75) is 33.8 Å². The Labute approximate surface area is 116 Å². The Balaban J connectivity index is 4.70. The fourth-order valence-corrected chi connectivity index (χ4v) is 1.54. The lowest BCUT2D eigenvalue weighted by molar-refractivity contribution is -0.259. The second-order valence-corrected chi connectivity index (χ2v) is 5.46. The van der Waals surface area contributed by atoms with Crippen LogP contribution < -0.4 is 0 Å². The summed E-state index contributed by atoms with van der Waals surface area (Å²) in [6.45, 7) is 12.3. The molecule has 0 aromatic heterocycles. The third-order valence-corrected chi connectivity index (χ3v) is 2.64. The van der Waals surface area contributed by atoms with Crippen LogP contribution in [0, 0.1) is 0 Å². The van der Waals surface area contributed by atoms with Gasteiger partial charge in [-0.3, -0.25) is 14.3 Å². The summed E-state index contributed by atoms with van der Waals surface area (Å²) in [7, 11) is -4.43. The third-order valence-electron chi connectivity index (χ3n) is 1.45. The van der Waals surface area contributed by atoms with Gasteiger partial charge in [0.15, 0.2) is 0 Å². The van der Waals surface area contributed by atoms with Crippen LogP contribution >= 0.6 is 7.82 Å².